The summed E-state index contributed by atoms with van der Waals surface area (Å²) in [5, 5.41) is 2.61. The number of hydrogen-bond acceptors (Lipinski definition) is 3. The maximum atomic E-state index is 11.8. The van der Waals surface area contributed by atoms with E-state index in [1.165, 1.54) is 6.42 Å². The van der Waals surface area contributed by atoms with Crippen molar-refractivity contribution in [3.63, 3.8) is 0 Å². The molecule has 1 rings (SSSR count). The first-order chi connectivity index (χ1) is 8.02. The zero-order valence-corrected chi connectivity index (χ0v) is 10.7. The molecule has 17 heavy (non-hydrogen) atoms. The lowest BCUT2D eigenvalue weighted by Gasteiger charge is -2.27. The summed E-state index contributed by atoms with van der Waals surface area (Å²) in [6, 6.07) is -0.538. The number of carbonyl (C=O) groups is 2. The molecule has 1 aliphatic rings. The number of nitrogens with zero attached hydrogens (tertiary/aromatic N) is 1. The molecule has 0 saturated carbocycles. The predicted molar refractivity (Wildman–Crippen MR) is 66.3 cm³/mol. The second-order valence-corrected chi connectivity index (χ2v) is 4.93. The highest BCUT2D eigenvalue weighted by Crippen LogP contribution is 2.08. The van der Waals surface area contributed by atoms with Gasteiger partial charge in [0.15, 0.2) is 0 Å². The van der Waals surface area contributed by atoms with Crippen LogP contribution in [-0.4, -0.2) is 42.4 Å². The molecular weight excluding hydrogens is 218 g/mol. The summed E-state index contributed by atoms with van der Waals surface area (Å²) in [5.41, 5.74) is 5.69. The van der Waals surface area contributed by atoms with Crippen LogP contribution in [0.2, 0.25) is 0 Å². The van der Waals surface area contributed by atoms with Gasteiger partial charge in [0.05, 0.1) is 12.6 Å². The average molecular weight is 241 g/mol. The molecule has 0 radical (unpaired) electrons. The molecule has 1 heterocycles. The average Bonchev–Trinajstić information content (AvgIpc) is 2.35. The number of piperidine rings is 1. The van der Waals surface area contributed by atoms with E-state index >= 15 is 0 Å². The Bertz CT molecular complexity index is 273. The summed E-state index contributed by atoms with van der Waals surface area (Å²) < 4.78 is 0. The fourth-order valence-electron chi connectivity index (χ4n) is 1.84. The topological polar surface area (TPSA) is 75.4 Å². The molecular formula is C12H23N3O2. The van der Waals surface area contributed by atoms with Crippen LogP contribution in [0, 0.1) is 5.92 Å². The van der Waals surface area contributed by atoms with Crippen LogP contribution >= 0.6 is 0 Å². The van der Waals surface area contributed by atoms with Gasteiger partial charge in [0, 0.05) is 13.1 Å². The van der Waals surface area contributed by atoms with Crippen LogP contribution in [-0.2, 0) is 9.59 Å². The molecule has 0 aromatic carbocycles. The van der Waals surface area contributed by atoms with Crippen molar-refractivity contribution in [2.75, 3.05) is 19.6 Å². The molecule has 0 aromatic heterocycles. The van der Waals surface area contributed by atoms with Crippen molar-refractivity contribution < 1.29 is 9.59 Å². The lowest BCUT2D eigenvalue weighted by molar-refractivity contribution is -0.134. The van der Waals surface area contributed by atoms with Crippen LogP contribution in [0.25, 0.3) is 0 Å². The lowest BCUT2D eigenvalue weighted by atomic mass is 10.1. The summed E-state index contributed by atoms with van der Waals surface area (Å²) in [6.07, 6.45) is 3.31. The Balaban J connectivity index is 2.29. The molecule has 0 unspecified atom stereocenters. The molecule has 98 valence electrons. The lowest BCUT2D eigenvalue weighted by Crippen LogP contribution is -2.48. The number of likely N-dealkylation sites (tertiary alicyclic amines) is 1. The fourth-order valence-corrected chi connectivity index (χ4v) is 1.84. The number of carbonyl (C=O) groups excluding carboxylic acids is 2. The van der Waals surface area contributed by atoms with Crippen LogP contribution in [0.1, 0.15) is 33.1 Å². The molecule has 3 N–H and O–H groups in total. The quantitative estimate of drug-likeness (QED) is 0.733. The third kappa shape index (κ3) is 4.34. The molecule has 0 aromatic rings. The molecule has 1 fully saturated rings. The minimum absolute atomic E-state index is 0.00555. The molecule has 1 saturated heterocycles. The van der Waals surface area contributed by atoms with Crippen molar-refractivity contribution in [2.24, 2.45) is 11.7 Å². The smallest absolute Gasteiger partial charge is 0.241 e. The largest absolute Gasteiger partial charge is 0.346 e. The highest BCUT2D eigenvalue weighted by Gasteiger charge is 2.20. The van der Waals surface area contributed by atoms with Gasteiger partial charge in [-0.25, -0.2) is 0 Å². The fraction of sp³-hybridized carbons (Fsp3) is 0.833. The van der Waals surface area contributed by atoms with Crippen molar-refractivity contribution in [1.29, 1.82) is 0 Å². The Hall–Kier alpha value is -1.10. The SMILES string of the molecule is CC(C)[C@@H](N)C(=O)NCC(=O)N1CCCCC1. The molecule has 5 heteroatoms. The molecule has 1 aliphatic heterocycles. The normalized spacial score (nSPS) is 18.0. The summed E-state index contributed by atoms with van der Waals surface area (Å²) in [7, 11) is 0. The van der Waals surface area contributed by atoms with Gasteiger partial charge in [-0.15, -0.1) is 0 Å². The molecule has 5 nitrogen and oxygen atoms in total. The highest BCUT2D eigenvalue weighted by molar-refractivity contribution is 5.87. The first kappa shape index (κ1) is 14.0. The number of rotatable bonds is 4. The van der Waals surface area contributed by atoms with Crippen molar-refractivity contribution >= 4 is 11.8 Å². The minimum atomic E-state index is -0.538. The number of nitrogens with two attached hydrogens (primary N) is 1. The van der Waals surface area contributed by atoms with E-state index in [2.05, 4.69) is 5.32 Å². The van der Waals surface area contributed by atoms with Crippen molar-refractivity contribution in [2.45, 2.75) is 39.2 Å². The van der Waals surface area contributed by atoms with E-state index in [4.69, 9.17) is 5.73 Å². The summed E-state index contributed by atoms with van der Waals surface area (Å²) in [5.74, 6) is -0.167. The molecule has 0 spiro atoms. The van der Waals surface area contributed by atoms with E-state index < -0.39 is 6.04 Å². The molecule has 0 bridgehead atoms. The van der Waals surface area contributed by atoms with Crippen LogP contribution in [0.4, 0.5) is 0 Å². The number of amides is 2. The molecule has 0 aliphatic carbocycles. The van der Waals surface area contributed by atoms with Gasteiger partial charge in [-0.1, -0.05) is 13.8 Å². The Morgan fingerprint density at radius 2 is 1.82 bits per heavy atom. The Morgan fingerprint density at radius 1 is 1.24 bits per heavy atom. The third-order valence-electron chi connectivity index (χ3n) is 3.14. The number of hydrogen-bond donors (Lipinski definition) is 2. The monoisotopic (exact) mass is 241 g/mol. The highest BCUT2D eigenvalue weighted by atomic mass is 16.2. The van der Waals surface area contributed by atoms with Gasteiger partial charge < -0.3 is 16.0 Å². The van der Waals surface area contributed by atoms with E-state index in [-0.39, 0.29) is 24.3 Å². The minimum Gasteiger partial charge on any atom is -0.346 e. The summed E-state index contributed by atoms with van der Waals surface area (Å²) in [6.45, 7) is 5.46. The zero-order valence-electron chi connectivity index (χ0n) is 10.7. The van der Waals surface area contributed by atoms with Gasteiger partial charge in [0.1, 0.15) is 0 Å². The van der Waals surface area contributed by atoms with E-state index in [0.29, 0.717) is 0 Å². The first-order valence-corrected chi connectivity index (χ1v) is 6.33. The van der Waals surface area contributed by atoms with Crippen LogP contribution in [0.15, 0.2) is 0 Å². The van der Waals surface area contributed by atoms with Gasteiger partial charge >= 0.3 is 0 Å². The van der Waals surface area contributed by atoms with Crippen LogP contribution < -0.4 is 11.1 Å². The number of nitrogens with one attached hydrogen (secondary N) is 1. The molecule has 1 atom stereocenters. The van der Waals surface area contributed by atoms with Gasteiger partial charge in [-0.2, -0.15) is 0 Å². The van der Waals surface area contributed by atoms with Crippen LogP contribution in [0.5, 0.6) is 0 Å². The van der Waals surface area contributed by atoms with Crippen molar-refractivity contribution in [3.8, 4) is 0 Å². The second kappa shape index (κ2) is 6.59. The second-order valence-electron chi connectivity index (χ2n) is 4.93. The summed E-state index contributed by atoms with van der Waals surface area (Å²) in [4.78, 5) is 25.1. The first-order valence-electron chi connectivity index (χ1n) is 6.33. The van der Waals surface area contributed by atoms with E-state index in [1.807, 2.05) is 18.7 Å². The standard InChI is InChI=1S/C12H23N3O2/c1-9(2)11(13)12(17)14-8-10(16)15-6-4-3-5-7-15/h9,11H,3-8,13H2,1-2H3,(H,14,17)/t11-/m1/s1. The van der Waals surface area contributed by atoms with Gasteiger partial charge in [0.25, 0.3) is 0 Å². The van der Waals surface area contributed by atoms with E-state index in [9.17, 15) is 9.59 Å². The predicted octanol–water partition coefficient (Wildman–Crippen LogP) is 0.0984. The van der Waals surface area contributed by atoms with Crippen molar-refractivity contribution in [3.05, 3.63) is 0 Å². The maximum Gasteiger partial charge on any atom is 0.241 e. The third-order valence-corrected chi connectivity index (χ3v) is 3.14. The van der Waals surface area contributed by atoms with Gasteiger partial charge in [-0.3, -0.25) is 9.59 Å². The van der Waals surface area contributed by atoms with E-state index in [0.717, 1.165) is 25.9 Å². The Labute approximate surface area is 103 Å². The van der Waals surface area contributed by atoms with Crippen LogP contribution in [0.3, 0.4) is 0 Å². The molecule has 2 amide bonds. The van der Waals surface area contributed by atoms with E-state index in [1.54, 1.807) is 0 Å². The van der Waals surface area contributed by atoms with Gasteiger partial charge in [-0.05, 0) is 25.2 Å². The zero-order chi connectivity index (χ0) is 12.8. The van der Waals surface area contributed by atoms with Crippen molar-refractivity contribution in [1.82, 2.24) is 10.2 Å². The van der Waals surface area contributed by atoms with Gasteiger partial charge in [0.2, 0.25) is 11.8 Å². The summed E-state index contributed by atoms with van der Waals surface area (Å²) >= 11 is 0. The maximum absolute atomic E-state index is 11.8. The Morgan fingerprint density at radius 3 is 2.35 bits per heavy atom. The Kier molecular flexibility index (Phi) is 5.41.